The Balaban J connectivity index is 1.88. The zero-order valence-electron chi connectivity index (χ0n) is 10.1. The Morgan fingerprint density at radius 1 is 1.50 bits per heavy atom. The minimum atomic E-state index is -1.07. The number of hydrogen-bond acceptors (Lipinski definition) is 5. The summed E-state index contributed by atoms with van der Waals surface area (Å²) in [6.07, 6.45) is 3.79. The van der Waals surface area contributed by atoms with Crippen LogP contribution in [0, 0.1) is 0 Å². The average molecular weight is 251 g/mol. The zero-order chi connectivity index (χ0) is 13.0. The highest BCUT2D eigenvalue weighted by Gasteiger charge is 2.12. The summed E-state index contributed by atoms with van der Waals surface area (Å²) in [7, 11) is 0. The first kappa shape index (κ1) is 12.6. The fraction of sp³-hybridized carbons (Fsp3) is 0.500. The molecule has 0 saturated carbocycles. The van der Waals surface area contributed by atoms with Crippen LogP contribution in [-0.2, 0) is 0 Å². The molecule has 0 amide bonds. The molecule has 18 heavy (non-hydrogen) atoms. The number of carbonyl (C=O) groups is 1. The van der Waals surface area contributed by atoms with Crippen LogP contribution in [0.25, 0.3) is 0 Å². The molecular weight excluding hydrogens is 234 g/mol. The van der Waals surface area contributed by atoms with Crippen LogP contribution in [0.3, 0.4) is 0 Å². The maximum absolute atomic E-state index is 10.9. The van der Waals surface area contributed by atoms with Gasteiger partial charge in [0.1, 0.15) is 6.61 Å². The molecule has 6 nitrogen and oxygen atoms in total. The van der Waals surface area contributed by atoms with Gasteiger partial charge in [-0.1, -0.05) is 0 Å². The molecule has 0 bridgehead atoms. The summed E-state index contributed by atoms with van der Waals surface area (Å²) in [5.41, 5.74) is 5.69. The van der Waals surface area contributed by atoms with Gasteiger partial charge in [-0.05, 0) is 25.9 Å². The third-order valence-electron chi connectivity index (χ3n) is 3.00. The van der Waals surface area contributed by atoms with Gasteiger partial charge in [-0.15, -0.1) is 0 Å². The highest BCUT2D eigenvalue weighted by atomic mass is 16.5. The van der Waals surface area contributed by atoms with Gasteiger partial charge in [0, 0.05) is 12.6 Å². The summed E-state index contributed by atoms with van der Waals surface area (Å²) in [5, 5.41) is 8.92. The third-order valence-corrected chi connectivity index (χ3v) is 3.00. The monoisotopic (exact) mass is 251 g/mol. The maximum Gasteiger partial charge on any atom is 0.338 e. The number of pyridine rings is 1. The van der Waals surface area contributed by atoms with Crippen LogP contribution in [0.1, 0.15) is 23.2 Å². The average Bonchev–Trinajstić information content (AvgIpc) is 2.84. The molecule has 1 aliphatic heterocycles. The van der Waals surface area contributed by atoms with Crippen LogP contribution < -0.4 is 10.5 Å². The summed E-state index contributed by atoms with van der Waals surface area (Å²) < 4.78 is 5.44. The Bertz CT molecular complexity index is 431. The van der Waals surface area contributed by atoms with Gasteiger partial charge in [0.15, 0.2) is 0 Å². The summed E-state index contributed by atoms with van der Waals surface area (Å²) in [5.74, 6) is -0.764. The third kappa shape index (κ3) is 3.10. The van der Waals surface area contributed by atoms with E-state index in [1.165, 1.54) is 25.1 Å². The summed E-state index contributed by atoms with van der Waals surface area (Å²) in [6, 6.07) is 1.36. The minimum Gasteiger partial charge on any atom is -0.478 e. The molecule has 98 valence electrons. The van der Waals surface area contributed by atoms with Crippen molar-refractivity contribution in [3.63, 3.8) is 0 Å². The summed E-state index contributed by atoms with van der Waals surface area (Å²) in [4.78, 5) is 17.2. The van der Waals surface area contributed by atoms with Crippen molar-refractivity contribution >= 4 is 11.7 Å². The molecule has 0 atom stereocenters. The van der Waals surface area contributed by atoms with E-state index in [0.717, 1.165) is 19.6 Å². The van der Waals surface area contributed by atoms with E-state index in [0.29, 0.717) is 12.5 Å². The number of ether oxygens (including phenoxy) is 1. The number of nitrogens with zero attached hydrogens (tertiary/aromatic N) is 2. The maximum atomic E-state index is 10.9. The van der Waals surface area contributed by atoms with Crippen molar-refractivity contribution in [2.24, 2.45) is 0 Å². The Morgan fingerprint density at radius 3 is 2.89 bits per heavy atom. The van der Waals surface area contributed by atoms with Crippen molar-refractivity contribution in [3.05, 3.63) is 17.8 Å². The van der Waals surface area contributed by atoms with E-state index in [4.69, 9.17) is 15.6 Å². The van der Waals surface area contributed by atoms with Crippen molar-refractivity contribution in [2.75, 3.05) is 32.0 Å². The van der Waals surface area contributed by atoms with Crippen molar-refractivity contribution < 1.29 is 14.6 Å². The number of likely N-dealkylation sites (tertiary alicyclic amines) is 1. The first-order valence-corrected chi connectivity index (χ1v) is 6.01. The fourth-order valence-electron chi connectivity index (χ4n) is 2.00. The molecule has 1 fully saturated rings. The molecule has 0 aromatic carbocycles. The van der Waals surface area contributed by atoms with Crippen LogP contribution in [-0.4, -0.2) is 47.2 Å². The molecule has 1 aromatic rings. The largest absolute Gasteiger partial charge is 0.478 e. The van der Waals surface area contributed by atoms with Crippen molar-refractivity contribution in [1.29, 1.82) is 0 Å². The van der Waals surface area contributed by atoms with Gasteiger partial charge in [-0.25, -0.2) is 9.78 Å². The molecule has 1 saturated heterocycles. The Labute approximate surface area is 105 Å². The lowest BCUT2D eigenvalue weighted by Gasteiger charge is -2.14. The molecule has 0 spiro atoms. The lowest BCUT2D eigenvalue weighted by Crippen LogP contribution is -2.25. The van der Waals surface area contributed by atoms with Gasteiger partial charge in [0.25, 0.3) is 0 Å². The molecule has 0 radical (unpaired) electrons. The van der Waals surface area contributed by atoms with E-state index in [9.17, 15) is 4.79 Å². The second-order valence-electron chi connectivity index (χ2n) is 4.31. The van der Waals surface area contributed by atoms with E-state index < -0.39 is 5.97 Å². The van der Waals surface area contributed by atoms with Crippen LogP contribution in [0.15, 0.2) is 12.3 Å². The Hall–Kier alpha value is -1.82. The molecule has 6 heteroatoms. The first-order chi connectivity index (χ1) is 8.66. The number of rotatable bonds is 5. The molecule has 2 heterocycles. The quantitative estimate of drug-likeness (QED) is 0.806. The van der Waals surface area contributed by atoms with Crippen molar-refractivity contribution in [1.82, 2.24) is 9.88 Å². The van der Waals surface area contributed by atoms with E-state index >= 15 is 0 Å². The normalized spacial score (nSPS) is 15.8. The number of aromatic nitrogens is 1. The number of anilines is 1. The lowest BCUT2D eigenvalue weighted by atomic mass is 10.2. The standard InChI is InChI=1S/C12H17N3O3/c13-10-8-14-11(7-9(10)12(16)17)18-6-5-15-3-1-2-4-15/h7-8H,1-6,13H2,(H,16,17). The van der Waals surface area contributed by atoms with Crippen LogP contribution >= 0.6 is 0 Å². The van der Waals surface area contributed by atoms with E-state index in [2.05, 4.69) is 9.88 Å². The highest BCUT2D eigenvalue weighted by Crippen LogP contribution is 2.16. The minimum absolute atomic E-state index is 0.0289. The second-order valence-corrected chi connectivity index (χ2v) is 4.31. The van der Waals surface area contributed by atoms with Crippen LogP contribution in [0.2, 0.25) is 0 Å². The molecule has 2 rings (SSSR count). The highest BCUT2D eigenvalue weighted by molar-refractivity contribution is 5.93. The van der Waals surface area contributed by atoms with Crippen molar-refractivity contribution in [2.45, 2.75) is 12.8 Å². The molecule has 1 aromatic heterocycles. The van der Waals surface area contributed by atoms with Gasteiger partial charge < -0.3 is 15.6 Å². The van der Waals surface area contributed by atoms with Gasteiger partial charge >= 0.3 is 5.97 Å². The van der Waals surface area contributed by atoms with E-state index in [1.54, 1.807) is 0 Å². The van der Waals surface area contributed by atoms with Gasteiger partial charge in [0.2, 0.25) is 5.88 Å². The lowest BCUT2D eigenvalue weighted by molar-refractivity contribution is 0.0697. The van der Waals surface area contributed by atoms with Gasteiger partial charge in [0.05, 0.1) is 17.4 Å². The first-order valence-electron chi connectivity index (χ1n) is 6.01. The summed E-state index contributed by atoms with van der Waals surface area (Å²) in [6.45, 7) is 3.57. The number of carboxylic acids is 1. The molecule has 3 N–H and O–H groups in total. The fourth-order valence-corrected chi connectivity index (χ4v) is 2.00. The van der Waals surface area contributed by atoms with Gasteiger partial charge in [-0.2, -0.15) is 0 Å². The second kappa shape index (κ2) is 5.68. The number of nitrogens with two attached hydrogens (primary N) is 1. The van der Waals surface area contributed by atoms with Crippen LogP contribution in [0.4, 0.5) is 5.69 Å². The van der Waals surface area contributed by atoms with Gasteiger partial charge in [-0.3, -0.25) is 4.90 Å². The Kier molecular flexibility index (Phi) is 3.99. The number of nitrogen functional groups attached to an aromatic ring is 1. The molecule has 0 unspecified atom stereocenters. The predicted molar refractivity (Wildman–Crippen MR) is 66.8 cm³/mol. The number of aromatic carboxylic acids is 1. The zero-order valence-corrected chi connectivity index (χ0v) is 10.1. The van der Waals surface area contributed by atoms with Crippen molar-refractivity contribution in [3.8, 4) is 5.88 Å². The molecule has 1 aliphatic rings. The topological polar surface area (TPSA) is 88.7 Å². The molecule has 0 aliphatic carbocycles. The number of hydrogen-bond donors (Lipinski definition) is 2. The summed E-state index contributed by atoms with van der Waals surface area (Å²) >= 11 is 0. The number of carboxylic acid groups (broad SMARTS) is 1. The Morgan fingerprint density at radius 2 is 2.22 bits per heavy atom. The smallest absolute Gasteiger partial charge is 0.338 e. The van der Waals surface area contributed by atoms with E-state index in [-0.39, 0.29) is 11.3 Å². The van der Waals surface area contributed by atoms with E-state index in [1.807, 2.05) is 0 Å². The molecular formula is C12H17N3O3. The predicted octanol–water partition coefficient (Wildman–Crippen LogP) is 0.837. The SMILES string of the molecule is Nc1cnc(OCCN2CCCC2)cc1C(=O)O. The van der Waals surface area contributed by atoms with Crippen LogP contribution in [0.5, 0.6) is 5.88 Å².